The van der Waals surface area contributed by atoms with Gasteiger partial charge in [0.2, 0.25) is 0 Å². The molecule has 0 bridgehead atoms. The van der Waals surface area contributed by atoms with Gasteiger partial charge in [-0.3, -0.25) is 4.57 Å². The first-order chi connectivity index (χ1) is 13.3. The third kappa shape index (κ3) is 2.65. The molecule has 0 radical (unpaired) electrons. The van der Waals surface area contributed by atoms with Crippen LogP contribution in [0.3, 0.4) is 0 Å². The van der Waals surface area contributed by atoms with Gasteiger partial charge in [-0.2, -0.15) is 0 Å². The van der Waals surface area contributed by atoms with Crippen LogP contribution in [0, 0.1) is 0 Å². The number of nitrogens with zero attached hydrogens (tertiary/aromatic N) is 5. The van der Waals surface area contributed by atoms with Gasteiger partial charge in [-0.05, 0) is 37.1 Å². The van der Waals surface area contributed by atoms with E-state index in [4.69, 9.17) is 21.1 Å². The van der Waals surface area contributed by atoms with Crippen molar-refractivity contribution in [3.8, 4) is 17.1 Å². The van der Waals surface area contributed by atoms with Gasteiger partial charge in [0, 0.05) is 17.7 Å². The summed E-state index contributed by atoms with van der Waals surface area (Å²) >= 11 is 6.28. The minimum Gasteiger partial charge on any atom is -0.492 e. The van der Waals surface area contributed by atoms with E-state index < -0.39 is 0 Å². The smallest absolute Gasteiger partial charge is 0.166 e. The Kier molecular flexibility index (Phi) is 3.98. The number of allylic oxidation sites excluding steroid dienone is 1. The first kappa shape index (κ1) is 16.5. The zero-order chi connectivity index (χ0) is 18.4. The molecule has 138 valence electrons. The fourth-order valence-electron chi connectivity index (χ4n) is 3.64. The number of fused-ring (bicyclic) bond motifs is 5. The summed E-state index contributed by atoms with van der Waals surface area (Å²) in [7, 11) is 1.65. The summed E-state index contributed by atoms with van der Waals surface area (Å²) in [5, 5.41) is 9.40. The van der Waals surface area contributed by atoms with E-state index in [1.807, 2.05) is 24.5 Å². The van der Waals surface area contributed by atoms with Crippen molar-refractivity contribution >= 4 is 17.4 Å². The molecule has 0 aliphatic carbocycles. The molecular weight excluding hydrogens is 366 g/mol. The molecule has 0 atom stereocenters. The minimum atomic E-state index is 0.381. The Morgan fingerprint density at radius 3 is 3.04 bits per heavy atom. The summed E-state index contributed by atoms with van der Waals surface area (Å²) in [4.78, 5) is 4.67. The molecule has 0 N–H and O–H groups in total. The molecule has 27 heavy (non-hydrogen) atoms. The molecule has 3 aromatic rings. The molecule has 0 unspecified atom stereocenters. The van der Waals surface area contributed by atoms with Crippen molar-refractivity contribution in [2.75, 3.05) is 13.7 Å². The highest BCUT2D eigenvalue weighted by atomic mass is 35.5. The van der Waals surface area contributed by atoms with Crippen molar-refractivity contribution < 1.29 is 9.47 Å². The minimum absolute atomic E-state index is 0.381. The zero-order valence-corrected chi connectivity index (χ0v) is 15.6. The lowest BCUT2D eigenvalue weighted by Crippen LogP contribution is -2.11. The molecule has 0 fully saturated rings. The largest absolute Gasteiger partial charge is 0.492 e. The molecule has 0 saturated heterocycles. The fourth-order valence-corrected chi connectivity index (χ4v) is 3.82. The molecule has 0 spiro atoms. The Labute approximate surface area is 161 Å². The monoisotopic (exact) mass is 383 g/mol. The van der Waals surface area contributed by atoms with Crippen LogP contribution >= 0.6 is 11.6 Å². The second kappa shape index (κ2) is 6.51. The zero-order valence-electron chi connectivity index (χ0n) is 14.9. The van der Waals surface area contributed by atoms with Crippen molar-refractivity contribution in [3.05, 3.63) is 52.8 Å². The number of ether oxygens (including phenoxy) is 2. The Morgan fingerprint density at radius 1 is 1.30 bits per heavy atom. The van der Waals surface area contributed by atoms with Gasteiger partial charge in [-0.1, -0.05) is 11.6 Å². The van der Waals surface area contributed by atoms with Gasteiger partial charge >= 0.3 is 0 Å². The molecule has 8 heteroatoms. The second-order valence-corrected chi connectivity index (χ2v) is 7.03. The van der Waals surface area contributed by atoms with Gasteiger partial charge in [0.1, 0.15) is 24.4 Å². The highest BCUT2D eigenvalue weighted by Crippen LogP contribution is 2.36. The first-order valence-electron chi connectivity index (χ1n) is 8.87. The SMILES string of the molecule is COCc1nnc2n1Cc1c(C3=CCCCO3)ncn1-c1ccc(Cl)cc1-2. The summed E-state index contributed by atoms with van der Waals surface area (Å²) in [6.07, 6.45) is 5.99. The summed E-state index contributed by atoms with van der Waals surface area (Å²) < 4.78 is 15.3. The van der Waals surface area contributed by atoms with E-state index in [-0.39, 0.29) is 0 Å². The Hall–Kier alpha value is -2.64. The van der Waals surface area contributed by atoms with E-state index in [0.29, 0.717) is 18.2 Å². The van der Waals surface area contributed by atoms with E-state index >= 15 is 0 Å². The third-order valence-electron chi connectivity index (χ3n) is 4.90. The number of hydrogen-bond donors (Lipinski definition) is 0. The van der Waals surface area contributed by atoms with Gasteiger partial charge in [0.25, 0.3) is 0 Å². The Balaban J connectivity index is 1.75. The molecule has 7 nitrogen and oxygen atoms in total. The number of rotatable bonds is 3. The summed E-state index contributed by atoms with van der Waals surface area (Å²) in [5.41, 5.74) is 3.78. The van der Waals surface area contributed by atoms with Crippen LogP contribution in [0.25, 0.3) is 22.8 Å². The maximum absolute atomic E-state index is 6.28. The second-order valence-electron chi connectivity index (χ2n) is 6.59. The predicted octanol–water partition coefficient (Wildman–Crippen LogP) is 3.44. The van der Waals surface area contributed by atoms with E-state index in [1.165, 1.54) is 0 Å². The van der Waals surface area contributed by atoms with Crippen LogP contribution in [0.4, 0.5) is 0 Å². The Morgan fingerprint density at radius 2 is 2.22 bits per heavy atom. The van der Waals surface area contributed by atoms with Crippen molar-refractivity contribution in [3.63, 3.8) is 0 Å². The summed E-state index contributed by atoms with van der Waals surface area (Å²) in [6, 6.07) is 5.78. The van der Waals surface area contributed by atoms with Crippen LogP contribution in [0.15, 0.2) is 30.6 Å². The number of halogens is 1. The van der Waals surface area contributed by atoms with Crippen molar-refractivity contribution in [2.24, 2.45) is 0 Å². The summed E-state index contributed by atoms with van der Waals surface area (Å²) in [5.74, 6) is 2.38. The highest BCUT2D eigenvalue weighted by molar-refractivity contribution is 6.31. The Bertz CT molecular complexity index is 1050. The van der Waals surface area contributed by atoms with Crippen LogP contribution in [0.2, 0.25) is 5.02 Å². The first-order valence-corrected chi connectivity index (χ1v) is 9.25. The van der Waals surface area contributed by atoms with Crippen LogP contribution in [0.1, 0.15) is 30.1 Å². The lowest BCUT2D eigenvalue weighted by atomic mass is 10.1. The van der Waals surface area contributed by atoms with Gasteiger partial charge < -0.3 is 14.0 Å². The fraction of sp³-hybridized carbons (Fsp3) is 0.316. The quantitative estimate of drug-likeness (QED) is 0.542. The number of hydrogen-bond acceptors (Lipinski definition) is 5. The van der Waals surface area contributed by atoms with Crippen molar-refractivity contribution in [1.29, 1.82) is 0 Å². The number of benzene rings is 1. The standard InChI is InChI=1S/C19H18ClN5O2/c1-26-10-17-22-23-19-13-8-12(20)5-6-14(13)25-11-21-18(15(25)9-24(17)19)16-4-2-3-7-27-16/h4-6,8,11H,2-3,7,9-10H2,1H3. The topological polar surface area (TPSA) is 67.0 Å². The van der Waals surface area contributed by atoms with E-state index in [2.05, 4.69) is 30.4 Å². The molecule has 1 aromatic carbocycles. The van der Waals surface area contributed by atoms with Crippen LogP contribution < -0.4 is 0 Å². The number of aromatic nitrogens is 5. The van der Waals surface area contributed by atoms with Crippen LogP contribution in [0.5, 0.6) is 0 Å². The van der Waals surface area contributed by atoms with E-state index in [0.717, 1.165) is 59.5 Å². The summed E-state index contributed by atoms with van der Waals surface area (Å²) in [6.45, 7) is 1.67. The molecule has 2 aliphatic rings. The number of methoxy groups -OCH3 is 1. The molecule has 4 heterocycles. The van der Waals surface area contributed by atoms with Gasteiger partial charge in [-0.15, -0.1) is 10.2 Å². The van der Waals surface area contributed by atoms with Gasteiger partial charge in [0.05, 0.1) is 24.5 Å². The molecular formula is C19H18ClN5O2. The lowest BCUT2D eigenvalue weighted by molar-refractivity contribution is 0.174. The third-order valence-corrected chi connectivity index (χ3v) is 5.14. The van der Waals surface area contributed by atoms with Gasteiger partial charge in [0.15, 0.2) is 11.6 Å². The lowest BCUT2D eigenvalue weighted by Gasteiger charge is -2.15. The van der Waals surface area contributed by atoms with Crippen LogP contribution in [-0.4, -0.2) is 38.0 Å². The molecule has 2 aromatic heterocycles. The molecule has 0 amide bonds. The predicted molar refractivity (Wildman–Crippen MR) is 101 cm³/mol. The maximum Gasteiger partial charge on any atom is 0.166 e. The van der Waals surface area contributed by atoms with E-state index in [9.17, 15) is 0 Å². The molecule has 2 aliphatic heterocycles. The number of imidazole rings is 1. The van der Waals surface area contributed by atoms with Gasteiger partial charge in [-0.25, -0.2) is 4.98 Å². The highest BCUT2D eigenvalue weighted by Gasteiger charge is 2.27. The molecule has 5 rings (SSSR count). The average molecular weight is 384 g/mol. The molecule has 0 saturated carbocycles. The maximum atomic E-state index is 6.28. The van der Waals surface area contributed by atoms with Crippen molar-refractivity contribution in [1.82, 2.24) is 24.3 Å². The average Bonchev–Trinajstić information content (AvgIpc) is 3.25. The van der Waals surface area contributed by atoms with E-state index in [1.54, 1.807) is 7.11 Å². The van der Waals surface area contributed by atoms with Crippen molar-refractivity contribution in [2.45, 2.75) is 26.0 Å². The normalized spacial score (nSPS) is 15.3. The van der Waals surface area contributed by atoms with Crippen LogP contribution in [-0.2, 0) is 22.6 Å².